The van der Waals surface area contributed by atoms with Gasteiger partial charge in [0.1, 0.15) is 21.2 Å². The third-order valence-corrected chi connectivity index (χ3v) is 8.28. The number of ether oxygens (including phenoxy) is 1. The molecule has 2 aliphatic heterocycles. The minimum atomic E-state index is -0.289. The quantitative estimate of drug-likeness (QED) is 0.243. The van der Waals surface area contributed by atoms with Crippen molar-refractivity contribution in [3.8, 4) is 11.5 Å². The lowest BCUT2D eigenvalue weighted by Gasteiger charge is -2.35. The maximum absolute atomic E-state index is 13.4. The van der Waals surface area contributed by atoms with Gasteiger partial charge in [-0.25, -0.2) is 9.78 Å². The molecule has 2 aromatic carbocycles. The highest BCUT2D eigenvalue weighted by Gasteiger charge is 2.33. The first-order valence-electron chi connectivity index (χ1n) is 13.2. The maximum Gasteiger partial charge on any atom is 0.326 e. The molecule has 0 saturated carbocycles. The van der Waals surface area contributed by atoms with Gasteiger partial charge in [0.05, 0.1) is 23.3 Å². The second-order valence-corrected chi connectivity index (χ2v) is 10.8. The standard InChI is InChI=1S/C31H29N5O3S/c1-3-20(2)35-17-7-8-22(19-35)33-29(37)28-27-26-25(15-16-32-30(26)40-28)36(31(38)34-27)18-21-11-13-24(14-12-21)39-23-9-5-4-6-10-23/h3-6,9-16,22H,1-2,7-8,17-19H2,(H,33,37)(H,34,38)/t22-/m1/s1. The monoisotopic (exact) mass is 551 g/mol. The van der Waals surface area contributed by atoms with Crippen molar-refractivity contribution in [1.29, 1.82) is 0 Å². The second-order valence-electron chi connectivity index (χ2n) is 9.85. The van der Waals surface area contributed by atoms with Crippen molar-refractivity contribution in [1.82, 2.24) is 15.2 Å². The number of nitrogens with one attached hydrogen (secondary N) is 2. The van der Waals surface area contributed by atoms with E-state index in [4.69, 9.17) is 4.74 Å². The zero-order valence-electron chi connectivity index (χ0n) is 21.9. The molecule has 0 bridgehead atoms. The molecule has 3 amide bonds. The number of pyridine rings is 1. The van der Waals surface area contributed by atoms with Gasteiger partial charge in [0.15, 0.2) is 0 Å². The number of para-hydroxylation sites is 1. The molecule has 8 nitrogen and oxygen atoms in total. The van der Waals surface area contributed by atoms with Gasteiger partial charge in [-0.15, -0.1) is 11.3 Å². The molecule has 1 fully saturated rings. The van der Waals surface area contributed by atoms with Crippen molar-refractivity contribution >= 4 is 44.9 Å². The van der Waals surface area contributed by atoms with Gasteiger partial charge in [-0.2, -0.15) is 0 Å². The lowest BCUT2D eigenvalue weighted by atomic mass is 10.0. The van der Waals surface area contributed by atoms with Crippen LogP contribution in [0.15, 0.2) is 91.8 Å². The summed E-state index contributed by atoms with van der Waals surface area (Å²) in [6, 6.07) is 18.8. The molecule has 9 heteroatoms. The fourth-order valence-electron chi connectivity index (χ4n) is 5.16. The van der Waals surface area contributed by atoms with Crippen molar-refractivity contribution in [3.63, 3.8) is 0 Å². The zero-order chi connectivity index (χ0) is 27.6. The number of carbonyl (C=O) groups is 2. The van der Waals surface area contributed by atoms with Crippen LogP contribution in [0.5, 0.6) is 11.5 Å². The number of rotatable bonds is 8. The van der Waals surface area contributed by atoms with Crippen LogP contribution in [-0.2, 0) is 6.54 Å². The highest BCUT2D eigenvalue weighted by atomic mass is 32.1. The van der Waals surface area contributed by atoms with Crippen LogP contribution in [0, 0.1) is 0 Å². The van der Waals surface area contributed by atoms with Crippen LogP contribution >= 0.6 is 11.3 Å². The van der Waals surface area contributed by atoms with Crippen molar-refractivity contribution in [2.45, 2.75) is 25.4 Å². The molecule has 0 unspecified atom stereocenters. The van der Waals surface area contributed by atoms with Gasteiger partial charge < -0.3 is 20.3 Å². The lowest BCUT2D eigenvalue weighted by Crippen LogP contribution is -2.47. The SMILES string of the molecule is C=CC(=C)N1CCC[C@@H](NC(=O)c2sc3nccc4c3c2NC(=O)N4Cc2ccc(Oc3ccccc3)cc2)C1. The normalized spacial score (nSPS) is 16.4. The van der Waals surface area contributed by atoms with Crippen LogP contribution in [0.1, 0.15) is 28.1 Å². The summed E-state index contributed by atoms with van der Waals surface area (Å²) < 4.78 is 5.89. The van der Waals surface area contributed by atoms with Gasteiger partial charge in [-0.3, -0.25) is 9.69 Å². The predicted octanol–water partition coefficient (Wildman–Crippen LogP) is 6.53. The number of likely N-dealkylation sites (tertiary alicyclic amines) is 1. The molecule has 0 radical (unpaired) electrons. The van der Waals surface area contributed by atoms with Crippen molar-refractivity contribution < 1.29 is 14.3 Å². The Morgan fingerprint density at radius 1 is 1.15 bits per heavy atom. The Kier molecular flexibility index (Phi) is 6.96. The maximum atomic E-state index is 13.4. The van der Waals surface area contributed by atoms with Crippen LogP contribution in [0.2, 0.25) is 0 Å². The van der Waals surface area contributed by atoms with Crippen LogP contribution in [-0.4, -0.2) is 41.0 Å². The Morgan fingerprint density at radius 3 is 2.70 bits per heavy atom. The summed E-state index contributed by atoms with van der Waals surface area (Å²) in [5.41, 5.74) is 3.06. The average molecular weight is 552 g/mol. The Balaban J connectivity index is 1.21. The topological polar surface area (TPSA) is 86.8 Å². The van der Waals surface area contributed by atoms with Gasteiger partial charge in [0.2, 0.25) is 0 Å². The Bertz CT molecular complexity index is 1600. The minimum absolute atomic E-state index is 0.0209. The number of aromatic nitrogens is 1. The summed E-state index contributed by atoms with van der Waals surface area (Å²) in [5, 5.41) is 6.92. The van der Waals surface area contributed by atoms with Crippen molar-refractivity contribution in [3.05, 3.63) is 102 Å². The second kappa shape index (κ2) is 10.9. The molecule has 1 atom stereocenters. The van der Waals surface area contributed by atoms with E-state index in [9.17, 15) is 9.59 Å². The third-order valence-electron chi connectivity index (χ3n) is 7.19. The number of hydrogen-bond donors (Lipinski definition) is 2. The first-order chi connectivity index (χ1) is 19.5. The fraction of sp³-hybridized carbons (Fsp3) is 0.194. The molecule has 2 aromatic heterocycles. The van der Waals surface area contributed by atoms with E-state index in [1.807, 2.05) is 60.7 Å². The van der Waals surface area contributed by atoms with Gasteiger partial charge in [-0.1, -0.05) is 43.5 Å². The number of anilines is 2. The van der Waals surface area contributed by atoms with Crippen LogP contribution in [0.3, 0.4) is 0 Å². The molecule has 2 aliphatic rings. The van der Waals surface area contributed by atoms with E-state index in [0.717, 1.165) is 53.2 Å². The van der Waals surface area contributed by atoms with Gasteiger partial charge >= 0.3 is 6.03 Å². The van der Waals surface area contributed by atoms with Gasteiger partial charge in [0, 0.05) is 31.0 Å². The molecular weight excluding hydrogens is 522 g/mol. The third kappa shape index (κ3) is 5.03. The minimum Gasteiger partial charge on any atom is -0.457 e. The Morgan fingerprint density at radius 2 is 1.93 bits per heavy atom. The van der Waals surface area contributed by atoms with E-state index in [-0.39, 0.29) is 18.0 Å². The van der Waals surface area contributed by atoms with E-state index in [1.54, 1.807) is 17.2 Å². The molecular formula is C31H29N5O3S. The first kappa shape index (κ1) is 25.6. The molecule has 6 rings (SSSR count). The fourth-order valence-corrected chi connectivity index (χ4v) is 6.18. The molecule has 4 aromatic rings. The molecule has 1 saturated heterocycles. The van der Waals surface area contributed by atoms with Crippen LogP contribution < -0.4 is 20.3 Å². The smallest absolute Gasteiger partial charge is 0.326 e. The number of carbonyl (C=O) groups excluding carboxylic acids is 2. The average Bonchev–Trinajstić information content (AvgIpc) is 3.35. The number of benzene rings is 2. The van der Waals surface area contributed by atoms with E-state index in [0.29, 0.717) is 28.5 Å². The first-order valence-corrected chi connectivity index (χ1v) is 14.0. The number of thiophene rings is 1. The van der Waals surface area contributed by atoms with Crippen molar-refractivity contribution in [2.75, 3.05) is 23.3 Å². The van der Waals surface area contributed by atoms with Gasteiger partial charge in [0.25, 0.3) is 5.91 Å². The zero-order valence-corrected chi connectivity index (χ0v) is 22.7. The number of nitrogens with zero attached hydrogens (tertiary/aromatic N) is 3. The molecule has 202 valence electrons. The van der Waals surface area contributed by atoms with E-state index in [1.165, 1.54) is 11.3 Å². The van der Waals surface area contributed by atoms with Crippen LogP contribution in [0.25, 0.3) is 10.2 Å². The summed E-state index contributed by atoms with van der Waals surface area (Å²) in [6.45, 7) is 9.78. The number of amides is 3. The molecule has 0 spiro atoms. The number of piperidine rings is 1. The summed E-state index contributed by atoms with van der Waals surface area (Å²) in [5.74, 6) is 1.27. The highest BCUT2D eigenvalue weighted by molar-refractivity contribution is 7.21. The Labute approximate surface area is 236 Å². The largest absolute Gasteiger partial charge is 0.457 e. The molecule has 0 aliphatic carbocycles. The number of urea groups is 1. The number of hydrogen-bond acceptors (Lipinski definition) is 6. The van der Waals surface area contributed by atoms with E-state index in [2.05, 4.69) is 33.7 Å². The van der Waals surface area contributed by atoms with E-state index >= 15 is 0 Å². The van der Waals surface area contributed by atoms with E-state index < -0.39 is 0 Å². The number of allylic oxidation sites excluding steroid dienone is 1. The van der Waals surface area contributed by atoms with Gasteiger partial charge in [-0.05, 0) is 54.8 Å². The summed E-state index contributed by atoms with van der Waals surface area (Å²) in [7, 11) is 0. The van der Waals surface area contributed by atoms with Crippen LogP contribution in [0.4, 0.5) is 16.2 Å². The Hall–Kier alpha value is -4.63. The highest BCUT2D eigenvalue weighted by Crippen LogP contribution is 2.44. The summed E-state index contributed by atoms with van der Waals surface area (Å²) in [6.07, 6.45) is 5.25. The molecule has 2 N–H and O–H groups in total. The lowest BCUT2D eigenvalue weighted by molar-refractivity contribution is 0.0920. The molecule has 4 heterocycles. The summed E-state index contributed by atoms with van der Waals surface area (Å²) in [4.78, 5) is 36.3. The van der Waals surface area contributed by atoms with Crippen molar-refractivity contribution in [2.24, 2.45) is 0 Å². The predicted molar refractivity (Wildman–Crippen MR) is 159 cm³/mol. The summed E-state index contributed by atoms with van der Waals surface area (Å²) >= 11 is 1.30. The molecule has 40 heavy (non-hydrogen) atoms.